The van der Waals surface area contributed by atoms with E-state index in [-0.39, 0.29) is 12.1 Å². The van der Waals surface area contributed by atoms with Crippen LogP contribution in [0.4, 0.5) is 0 Å². The van der Waals surface area contributed by atoms with E-state index in [4.69, 9.17) is 4.74 Å². The average Bonchev–Trinajstić information content (AvgIpc) is 2.44. The smallest absolute Gasteiger partial charge is 0.123 e. The normalized spacial score (nSPS) is 14.4. The molecule has 0 saturated carbocycles. The first-order valence-corrected chi connectivity index (χ1v) is 6.83. The van der Waals surface area contributed by atoms with Crippen molar-refractivity contribution in [1.82, 2.24) is 10.2 Å². The van der Waals surface area contributed by atoms with Crippen LogP contribution >= 0.6 is 0 Å². The van der Waals surface area contributed by atoms with Crippen molar-refractivity contribution in [3.63, 3.8) is 0 Å². The van der Waals surface area contributed by atoms with Crippen molar-refractivity contribution in [2.24, 2.45) is 0 Å². The van der Waals surface area contributed by atoms with Gasteiger partial charge in [0.1, 0.15) is 5.75 Å². The number of methoxy groups -OCH3 is 1. The summed E-state index contributed by atoms with van der Waals surface area (Å²) in [5.41, 5.74) is 1.16. The van der Waals surface area contributed by atoms with Gasteiger partial charge in [0.25, 0.3) is 0 Å². The standard InChI is InChI=1S/C15H26N2O2/c1-5-17(11-13(18)10-16-3)12(2)14-8-6-7-9-15(14)19-4/h6-9,12-13,16,18H,5,10-11H2,1-4H3/t12-,13?/m0/s1. The Morgan fingerprint density at radius 2 is 2.05 bits per heavy atom. The molecule has 0 radical (unpaired) electrons. The molecule has 0 saturated heterocycles. The zero-order chi connectivity index (χ0) is 14.3. The van der Waals surface area contributed by atoms with Crippen LogP contribution in [-0.2, 0) is 0 Å². The van der Waals surface area contributed by atoms with E-state index < -0.39 is 0 Å². The minimum atomic E-state index is -0.359. The Kier molecular flexibility index (Phi) is 6.84. The number of ether oxygens (including phenoxy) is 1. The molecule has 108 valence electrons. The molecule has 0 spiro atoms. The van der Waals surface area contributed by atoms with Crippen molar-refractivity contribution in [2.45, 2.75) is 26.0 Å². The third-order valence-electron chi connectivity index (χ3n) is 3.43. The summed E-state index contributed by atoms with van der Waals surface area (Å²) in [7, 11) is 3.54. The fraction of sp³-hybridized carbons (Fsp3) is 0.600. The van der Waals surface area contributed by atoms with Gasteiger partial charge in [0, 0.05) is 24.7 Å². The summed E-state index contributed by atoms with van der Waals surface area (Å²) < 4.78 is 5.41. The lowest BCUT2D eigenvalue weighted by atomic mass is 10.1. The summed E-state index contributed by atoms with van der Waals surface area (Å²) in [5, 5.41) is 12.9. The molecular weight excluding hydrogens is 240 g/mol. The van der Waals surface area contributed by atoms with Crippen LogP contribution in [0.3, 0.4) is 0 Å². The predicted molar refractivity (Wildman–Crippen MR) is 78.6 cm³/mol. The molecule has 4 heteroatoms. The van der Waals surface area contributed by atoms with E-state index in [2.05, 4.69) is 30.1 Å². The van der Waals surface area contributed by atoms with E-state index >= 15 is 0 Å². The van der Waals surface area contributed by atoms with E-state index in [1.807, 2.05) is 25.2 Å². The average molecular weight is 266 g/mol. The van der Waals surface area contributed by atoms with Crippen LogP contribution in [-0.4, -0.2) is 49.9 Å². The number of benzene rings is 1. The molecule has 1 aromatic rings. The van der Waals surface area contributed by atoms with Crippen LogP contribution in [0, 0.1) is 0 Å². The van der Waals surface area contributed by atoms with Crippen molar-refractivity contribution >= 4 is 0 Å². The fourth-order valence-electron chi connectivity index (χ4n) is 2.34. The van der Waals surface area contributed by atoms with Crippen molar-refractivity contribution < 1.29 is 9.84 Å². The number of para-hydroxylation sites is 1. The second-order valence-corrected chi connectivity index (χ2v) is 4.72. The molecule has 0 aliphatic rings. The third kappa shape index (κ3) is 4.49. The molecule has 2 atom stereocenters. The molecule has 0 bridgehead atoms. The number of nitrogens with one attached hydrogen (secondary N) is 1. The van der Waals surface area contributed by atoms with Gasteiger partial charge in [0.15, 0.2) is 0 Å². The van der Waals surface area contributed by atoms with Gasteiger partial charge in [-0.2, -0.15) is 0 Å². The van der Waals surface area contributed by atoms with Gasteiger partial charge in [-0.1, -0.05) is 25.1 Å². The highest BCUT2D eigenvalue weighted by atomic mass is 16.5. The Hall–Kier alpha value is -1.10. The van der Waals surface area contributed by atoms with Crippen LogP contribution in [0.15, 0.2) is 24.3 Å². The second-order valence-electron chi connectivity index (χ2n) is 4.72. The van der Waals surface area contributed by atoms with Crippen LogP contribution in [0.25, 0.3) is 0 Å². The van der Waals surface area contributed by atoms with Gasteiger partial charge in [-0.15, -0.1) is 0 Å². The maximum absolute atomic E-state index is 9.94. The van der Waals surface area contributed by atoms with E-state index in [1.54, 1.807) is 7.11 Å². The molecule has 0 aliphatic carbocycles. The number of likely N-dealkylation sites (N-methyl/N-ethyl adjacent to an activating group) is 2. The predicted octanol–water partition coefficient (Wildman–Crippen LogP) is 1.66. The maximum Gasteiger partial charge on any atom is 0.123 e. The summed E-state index contributed by atoms with van der Waals surface area (Å²) >= 11 is 0. The van der Waals surface area contributed by atoms with Gasteiger partial charge in [0.2, 0.25) is 0 Å². The first-order chi connectivity index (χ1) is 9.13. The summed E-state index contributed by atoms with van der Waals surface area (Å²) in [6.07, 6.45) is -0.359. The minimum Gasteiger partial charge on any atom is -0.496 e. The Labute approximate surface area is 116 Å². The zero-order valence-electron chi connectivity index (χ0n) is 12.4. The fourth-order valence-corrected chi connectivity index (χ4v) is 2.34. The highest BCUT2D eigenvalue weighted by Gasteiger charge is 2.19. The maximum atomic E-state index is 9.94. The lowest BCUT2D eigenvalue weighted by molar-refractivity contribution is 0.0944. The minimum absolute atomic E-state index is 0.215. The number of aliphatic hydroxyl groups is 1. The second kappa shape index (κ2) is 8.15. The molecule has 4 nitrogen and oxygen atoms in total. The third-order valence-corrected chi connectivity index (χ3v) is 3.43. The Morgan fingerprint density at radius 1 is 1.37 bits per heavy atom. The van der Waals surface area contributed by atoms with Crippen LogP contribution in [0.1, 0.15) is 25.5 Å². The number of hydrogen-bond acceptors (Lipinski definition) is 4. The van der Waals surface area contributed by atoms with Crippen LogP contribution in [0.2, 0.25) is 0 Å². The molecule has 0 aromatic heterocycles. The summed E-state index contributed by atoms with van der Waals surface area (Å²) in [6.45, 7) is 6.40. The summed E-state index contributed by atoms with van der Waals surface area (Å²) in [6, 6.07) is 8.26. The van der Waals surface area contributed by atoms with Gasteiger partial charge in [0.05, 0.1) is 13.2 Å². The zero-order valence-corrected chi connectivity index (χ0v) is 12.4. The lowest BCUT2D eigenvalue weighted by Crippen LogP contribution is -2.38. The molecule has 2 N–H and O–H groups in total. The molecule has 1 rings (SSSR count). The van der Waals surface area contributed by atoms with Crippen molar-refractivity contribution in [1.29, 1.82) is 0 Å². The van der Waals surface area contributed by atoms with Gasteiger partial charge in [-0.05, 0) is 26.6 Å². The van der Waals surface area contributed by atoms with E-state index in [9.17, 15) is 5.11 Å². The van der Waals surface area contributed by atoms with Crippen LogP contribution in [0.5, 0.6) is 5.75 Å². The monoisotopic (exact) mass is 266 g/mol. The number of aliphatic hydroxyl groups excluding tert-OH is 1. The Morgan fingerprint density at radius 3 is 2.63 bits per heavy atom. The molecule has 0 aliphatic heterocycles. The molecule has 0 heterocycles. The number of rotatable bonds is 8. The van der Waals surface area contributed by atoms with Gasteiger partial charge in [-0.25, -0.2) is 0 Å². The van der Waals surface area contributed by atoms with Crippen molar-refractivity contribution in [3.8, 4) is 5.75 Å². The summed E-state index contributed by atoms with van der Waals surface area (Å²) in [4.78, 5) is 2.25. The molecular formula is C15H26N2O2. The van der Waals surface area contributed by atoms with Crippen molar-refractivity contribution in [3.05, 3.63) is 29.8 Å². The first-order valence-electron chi connectivity index (χ1n) is 6.83. The lowest BCUT2D eigenvalue weighted by Gasteiger charge is -2.30. The molecule has 19 heavy (non-hydrogen) atoms. The van der Waals surface area contributed by atoms with E-state index in [0.29, 0.717) is 13.1 Å². The first kappa shape index (κ1) is 16.0. The highest BCUT2D eigenvalue weighted by Crippen LogP contribution is 2.28. The Balaban J connectivity index is 2.80. The number of nitrogens with zero attached hydrogens (tertiary/aromatic N) is 1. The van der Waals surface area contributed by atoms with Gasteiger partial charge < -0.3 is 15.2 Å². The quantitative estimate of drug-likeness (QED) is 0.751. The summed E-state index contributed by atoms with van der Waals surface area (Å²) in [5.74, 6) is 0.900. The molecule has 1 unspecified atom stereocenters. The number of hydrogen-bond donors (Lipinski definition) is 2. The SMILES string of the molecule is CCN(CC(O)CNC)[C@@H](C)c1ccccc1OC. The van der Waals surface area contributed by atoms with Crippen LogP contribution < -0.4 is 10.1 Å². The van der Waals surface area contributed by atoms with Gasteiger partial charge >= 0.3 is 0 Å². The topological polar surface area (TPSA) is 44.7 Å². The molecule has 1 aromatic carbocycles. The van der Waals surface area contributed by atoms with E-state index in [1.165, 1.54) is 0 Å². The van der Waals surface area contributed by atoms with Gasteiger partial charge in [-0.3, -0.25) is 4.90 Å². The van der Waals surface area contributed by atoms with E-state index in [0.717, 1.165) is 17.9 Å². The molecule has 0 amide bonds. The largest absolute Gasteiger partial charge is 0.496 e. The highest BCUT2D eigenvalue weighted by molar-refractivity contribution is 5.35. The molecule has 0 fully saturated rings. The Bertz CT molecular complexity index is 371. The van der Waals surface area contributed by atoms with Crippen molar-refractivity contribution in [2.75, 3.05) is 33.8 Å².